The number of nitrogens with one attached hydrogen (secondary N) is 1. The molecule has 4 heteroatoms. The lowest BCUT2D eigenvalue weighted by Crippen LogP contribution is -2.33. The molecule has 0 rings (SSSR count). The van der Waals surface area contributed by atoms with Gasteiger partial charge in [-0.05, 0) is 13.3 Å². The molecule has 0 aliphatic carbocycles. The second-order valence-electron chi connectivity index (χ2n) is 3.47. The Kier molecular flexibility index (Phi) is 7.99. The highest BCUT2D eigenvalue weighted by atomic mass is 32.2. The van der Waals surface area contributed by atoms with Crippen molar-refractivity contribution in [3.63, 3.8) is 0 Å². The van der Waals surface area contributed by atoms with Crippen LogP contribution in [0.5, 0.6) is 0 Å². The standard InChI is InChI=1S/C10H22N2OS/c1-4-5-6-12-10(13)9(3)14-8(2)7-11/h8-9H,4-7,11H2,1-3H3,(H,12,13). The second kappa shape index (κ2) is 8.12. The van der Waals surface area contributed by atoms with Crippen LogP contribution in [-0.2, 0) is 4.79 Å². The Morgan fingerprint density at radius 1 is 1.50 bits per heavy atom. The molecule has 0 aromatic heterocycles. The Labute approximate surface area is 91.2 Å². The molecular formula is C10H22N2OS. The van der Waals surface area contributed by atoms with Gasteiger partial charge < -0.3 is 11.1 Å². The minimum Gasteiger partial charge on any atom is -0.355 e. The minimum atomic E-state index is 0.00501. The van der Waals surface area contributed by atoms with Crippen LogP contribution in [0.3, 0.4) is 0 Å². The van der Waals surface area contributed by atoms with E-state index in [1.165, 1.54) is 0 Å². The zero-order valence-electron chi connectivity index (χ0n) is 9.38. The van der Waals surface area contributed by atoms with E-state index in [1.54, 1.807) is 11.8 Å². The number of carbonyl (C=O) groups excluding carboxylic acids is 1. The summed E-state index contributed by atoms with van der Waals surface area (Å²) in [6.45, 7) is 7.49. The predicted molar refractivity (Wildman–Crippen MR) is 63.5 cm³/mol. The van der Waals surface area contributed by atoms with Gasteiger partial charge in [0.25, 0.3) is 0 Å². The van der Waals surface area contributed by atoms with E-state index in [9.17, 15) is 4.79 Å². The van der Waals surface area contributed by atoms with Crippen LogP contribution in [0, 0.1) is 0 Å². The van der Waals surface area contributed by atoms with Gasteiger partial charge in [-0.3, -0.25) is 4.79 Å². The Morgan fingerprint density at radius 2 is 2.14 bits per heavy atom. The molecular weight excluding hydrogens is 196 g/mol. The average molecular weight is 218 g/mol. The highest BCUT2D eigenvalue weighted by molar-refractivity contribution is 8.01. The number of hydrogen-bond donors (Lipinski definition) is 2. The molecule has 84 valence electrons. The van der Waals surface area contributed by atoms with E-state index < -0.39 is 0 Å². The van der Waals surface area contributed by atoms with E-state index in [4.69, 9.17) is 5.73 Å². The Balaban J connectivity index is 3.64. The summed E-state index contributed by atoms with van der Waals surface area (Å²) < 4.78 is 0. The molecule has 0 spiro atoms. The first-order valence-electron chi connectivity index (χ1n) is 5.25. The van der Waals surface area contributed by atoms with Crippen molar-refractivity contribution >= 4 is 17.7 Å². The Morgan fingerprint density at radius 3 is 2.64 bits per heavy atom. The molecule has 3 N–H and O–H groups in total. The second-order valence-corrected chi connectivity index (χ2v) is 5.25. The number of amides is 1. The van der Waals surface area contributed by atoms with E-state index >= 15 is 0 Å². The van der Waals surface area contributed by atoms with Crippen LogP contribution in [0.25, 0.3) is 0 Å². The smallest absolute Gasteiger partial charge is 0.232 e. The van der Waals surface area contributed by atoms with E-state index in [1.807, 2.05) is 13.8 Å². The first kappa shape index (κ1) is 13.8. The van der Waals surface area contributed by atoms with Crippen molar-refractivity contribution in [2.45, 2.75) is 44.1 Å². The van der Waals surface area contributed by atoms with Crippen molar-refractivity contribution in [3.8, 4) is 0 Å². The lowest BCUT2D eigenvalue weighted by atomic mass is 10.3. The minimum absolute atomic E-state index is 0.00501. The largest absolute Gasteiger partial charge is 0.355 e. The van der Waals surface area contributed by atoms with Gasteiger partial charge in [0.05, 0.1) is 5.25 Å². The molecule has 0 heterocycles. The SMILES string of the molecule is CCCCNC(=O)C(C)SC(C)CN. The Bertz CT molecular complexity index is 164. The van der Waals surface area contributed by atoms with Gasteiger partial charge in [0.1, 0.15) is 0 Å². The van der Waals surface area contributed by atoms with Gasteiger partial charge in [0, 0.05) is 18.3 Å². The van der Waals surface area contributed by atoms with Crippen LogP contribution in [0.4, 0.5) is 0 Å². The summed E-state index contributed by atoms with van der Waals surface area (Å²) in [4.78, 5) is 11.5. The number of thioether (sulfide) groups is 1. The van der Waals surface area contributed by atoms with Gasteiger partial charge in [0.15, 0.2) is 0 Å². The molecule has 14 heavy (non-hydrogen) atoms. The van der Waals surface area contributed by atoms with Crippen molar-refractivity contribution in [1.82, 2.24) is 5.32 Å². The lowest BCUT2D eigenvalue weighted by molar-refractivity contribution is -0.120. The molecule has 1 amide bonds. The molecule has 2 unspecified atom stereocenters. The number of unbranched alkanes of at least 4 members (excludes halogenated alkanes) is 1. The van der Waals surface area contributed by atoms with E-state index in [2.05, 4.69) is 12.2 Å². The number of rotatable bonds is 7. The quantitative estimate of drug-likeness (QED) is 0.635. The third kappa shape index (κ3) is 6.27. The van der Waals surface area contributed by atoms with Crippen molar-refractivity contribution in [2.24, 2.45) is 5.73 Å². The summed E-state index contributed by atoms with van der Waals surface area (Å²) in [7, 11) is 0. The molecule has 0 saturated carbocycles. The summed E-state index contributed by atoms with van der Waals surface area (Å²) in [6.07, 6.45) is 2.16. The molecule has 0 aromatic carbocycles. The topological polar surface area (TPSA) is 55.1 Å². The molecule has 0 bridgehead atoms. The molecule has 0 fully saturated rings. The maximum atomic E-state index is 11.5. The highest BCUT2D eigenvalue weighted by Crippen LogP contribution is 2.16. The highest BCUT2D eigenvalue weighted by Gasteiger charge is 2.15. The average Bonchev–Trinajstić information content (AvgIpc) is 2.17. The maximum absolute atomic E-state index is 11.5. The third-order valence-corrected chi connectivity index (χ3v) is 3.25. The van der Waals surface area contributed by atoms with Crippen LogP contribution in [0.1, 0.15) is 33.6 Å². The Hall–Kier alpha value is -0.220. The lowest BCUT2D eigenvalue weighted by Gasteiger charge is -2.15. The molecule has 0 saturated heterocycles. The van der Waals surface area contributed by atoms with Crippen LogP contribution >= 0.6 is 11.8 Å². The van der Waals surface area contributed by atoms with Gasteiger partial charge in [-0.1, -0.05) is 20.3 Å². The normalized spacial score (nSPS) is 14.9. The van der Waals surface area contributed by atoms with Gasteiger partial charge in [0.2, 0.25) is 5.91 Å². The molecule has 0 aromatic rings. The summed E-state index contributed by atoms with van der Waals surface area (Å²) in [5.41, 5.74) is 5.49. The summed E-state index contributed by atoms with van der Waals surface area (Å²) in [5, 5.41) is 3.27. The summed E-state index contributed by atoms with van der Waals surface area (Å²) >= 11 is 1.63. The third-order valence-electron chi connectivity index (χ3n) is 1.97. The predicted octanol–water partition coefficient (Wildman–Crippen LogP) is 1.37. The molecule has 0 aliphatic heterocycles. The van der Waals surface area contributed by atoms with Crippen molar-refractivity contribution in [3.05, 3.63) is 0 Å². The van der Waals surface area contributed by atoms with E-state index in [0.717, 1.165) is 19.4 Å². The fraction of sp³-hybridized carbons (Fsp3) is 0.900. The van der Waals surface area contributed by atoms with Crippen LogP contribution in [-0.4, -0.2) is 29.5 Å². The maximum Gasteiger partial charge on any atom is 0.232 e. The first-order valence-corrected chi connectivity index (χ1v) is 6.19. The van der Waals surface area contributed by atoms with Gasteiger partial charge in [-0.25, -0.2) is 0 Å². The fourth-order valence-electron chi connectivity index (χ4n) is 0.998. The zero-order valence-corrected chi connectivity index (χ0v) is 10.2. The van der Waals surface area contributed by atoms with E-state index in [0.29, 0.717) is 11.8 Å². The molecule has 3 nitrogen and oxygen atoms in total. The molecule has 0 radical (unpaired) electrons. The van der Waals surface area contributed by atoms with Crippen molar-refractivity contribution in [1.29, 1.82) is 0 Å². The van der Waals surface area contributed by atoms with Gasteiger partial charge >= 0.3 is 0 Å². The number of nitrogens with two attached hydrogens (primary N) is 1. The number of hydrogen-bond acceptors (Lipinski definition) is 3. The van der Waals surface area contributed by atoms with Crippen LogP contribution in [0.2, 0.25) is 0 Å². The number of carbonyl (C=O) groups is 1. The monoisotopic (exact) mass is 218 g/mol. The molecule has 0 aliphatic rings. The van der Waals surface area contributed by atoms with E-state index in [-0.39, 0.29) is 11.2 Å². The van der Waals surface area contributed by atoms with Crippen LogP contribution in [0.15, 0.2) is 0 Å². The van der Waals surface area contributed by atoms with Gasteiger partial charge in [-0.2, -0.15) is 0 Å². The first-order chi connectivity index (χ1) is 6.61. The van der Waals surface area contributed by atoms with Crippen molar-refractivity contribution < 1.29 is 4.79 Å². The summed E-state index contributed by atoms with van der Waals surface area (Å²) in [5.74, 6) is 0.128. The molecule has 2 atom stereocenters. The fourth-order valence-corrected chi connectivity index (χ4v) is 2.01. The van der Waals surface area contributed by atoms with Gasteiger partial charge in [-0.15, -0.1) is 11.8 Å². The van der Waals surface area contributed by atoms with Crippen LogP contribution < -0.4 is 11.1 Å². The summed E-state index contributed by atoms with van der Waals surface area (Å²) in [6, 6.07) is 0. The van der Waals surface area contributed by atoms with Crippen molar-refractivity contribution in [2.75, 3.05) is 13.1 Å². The zero-order chi connectivity index (χ0) is 11.0.